The standard InChI is InChI=1S/C9H11FN2O5S/c10-9(16)6(15)4(3-13)17-7(9)12-2-1-5(14)11-8(12)18/h1-2,4,6-7,13,15-16H,3H2,(H,11,14,18)/t4-,6-,7-,9-/m1/s1. The minimum Gasteiger partial charge on any atom is -0.394 e. The van der Waals surface area contributed by atoms with Gasteiger partial charge >= 0.3 is 0 Å². The first-order valence-electron chi connectivity index (χ1n) is 5.05. The number of aliphatic hydroxyl groups is 3. The highest BCUT2D eigenvalue weighted by molar-refractivity contribution is 7.71. The number of alkyl halides is 1. The van der Waals surface area contributed by atoms with Crippen molar-refractivity contribution in [2.75, 3.05) is 6.61 Å². The molecule has 2 rings (SSSR count). The molecule has 0 bridgehead atoms. The Hall–Kier alpha value is -1.13. The fraction of sp³-hybridized carbons (Fsp3) is 0.556. The molecule has 1 aromatic heterocycles. The van der Waals surface area contributed by atoms with Crippen molar-refractivity contribution in [3.63, 3.8) is 0 Å². The summed E-state index contributed by atoms with van der Waals surface area (Å²) < 4.78 is 19.8. The molecule has 0 saturated carbocycles. The predicted octanol–water partition coefficient (Wildman–Crippen LogP) is -1.19. The van der Waals surface area contributed by atoms with E-state index in [0.29, 0.717) is 0 Å². The Morgan fingerprint density at radius 2 is 2.33 bits per heavy atom. The van der Waals surface area contributed by atoms with Gasteiger partial charge < -0.3 is 20.1 Å². The van der Waals surface area contributed by atoms with Crippen molar-refractivity contribution in [3.05, 3.63) is 27.4 Å². The lowest BCUT2D eigenvalue weighted by molar-refractivity contribution is -0.196. The average Bonchev–Trinajstić information content (AvgIpc) is 2.52. The van der Waals surface area contributed by atoms with E-state index in [1.54, 1.807) is 0 Å². The minimum atomic E-state index is -3.12. The van der Waals surface area contributed by atoms with Crippen molar-refractivity contribution in [2.24, 2.45) is 0 Å². The smallest absolute Gasteiger partial charge is 0.281 e. The summed E-state index contributed by atoms with van der Waals surface area (Å²) in [5.41, 5.74) is -0.490. The average molecular weight is 278 g/mol. The van der Waals surface area contributed by atoms with Gasteiger partial charge in [0, 0.05) is 12.3 Å². The van der Waals surface area contributed by atoms with Crippen molar-refractivity contribution in [1.82, 2.24) is 9.55 Å². The zero-order chi connectivity index (χ0) is 13.5. The number of aromatic nitrogens is 2. The molecule has 2 heterocycles. The van der Waals surface area contributed by atoms with Gasteiger partial charge in [0.2, 0.25) is 0 Å². The monoisotopic (exact) mass is 278 g/mol. The van der Waals surface area contributed by atoms with Crippen LogP contribution in [0.1, 0.15) is 6.23 Å². The van der Waals surface area contributed by atoms with E-state index in [2.05, 4.69) is 4.98 Å². The molecule has 9 heteroatoms. The fourth-order valence-corrected chi connectivity index (χ4v) is 2.01. The molecule has 0 unspecified atom stereocenters. The molecule has 18 heavy (non-hydrogen) atoms. The van der Waals surface area contributed by atoms with E-state index in [0.717, 1.165) is 16.8 Å². The maximum Gasteiger partial charge on any atom is 0.281 e. The van der Waals surface area contributed by atoms with Crippen molar-refractivity contribution in [3.8, 4) is 0 Å². The predicted molar refractivity (Wildman–Crippen MR) is 58.9 cm³/mol. The first kappa shape index (κ1) is 13.3. The van der Waals surface area contributed by atoms with Crippen LogP contribution in [0.25, 0.3) is 0 Å². The number of aromatic amines is 1. The van der Waals surface area contributed by atoms with Crippen LogP contribution in [0.3, 0.4) is 0 Å². The van der Waals surface area contributed by atoms with Gasteiger partial charge in [-0.25, -0.2) is 4.39 Å². The second-order valence-electron chi connectivity index (χ2n) is 3.90. The van der Waals surface area contributed by atoms with Crippen LogP contribution in [0.4, 0.5) is 4.39 Å². The zero-order valence-corrected chi connectivity index (χ0v) is 9.80. The molecular weight excluding hydrogens is 267 g/mol. The van der Waals surface area contributed by atoms with Gasteiger partial charge in [-0.3, -0.25) is 14.3 Å². The molecule has 0 radical (unpaired) electrons. The van der Waals surface area contributed by atoms with Gasteiger partial charge in [0.25, 0.3) is 11.4 Å². The van der Waals surface area contributed by atoms with E-state index in [1.165, 1.54) is 0 Å². The van der Waals surface area contributed by atoms with Crippen LogP contribution in [0.5, 0.6) is 0 Å². The molecular formula is C9H11FN2O5S. The fourth-order valence-electron chi connectivity index (χ4n) is 1.76. The molecule has 0 amide bonds. The first-order valence-corrected chi connectivity index (χ1v) is 5.46. The zero-order valence-electron chi connectivity index (χ0n) is 8.99. The van der Waals surface area contributed by atoms with Crippen molar-refractivity contribution in [1.29, 1.82) is 0 Å². The van der Waals surface area contributed by atoms with Gasteiger partial charge in [-0.1, -0.05) is 0 Å². The Balaban J connectivity index is 2.45. The van der Waals surface area contributed by atoms with Crippen molar-refractivity contribution >= 4 is 12.2 Å². The number of aliphatic hydroxyl groups excluding tert-OH is 2. The lowest BCUT2D eigenvalue weighted by atomic mass is 10.1. The number of nitrogens with one attached hydrogen (secondary N) is 1. The normalized spacial score (nSPS) is 35.9. The quantitative estimate of drug-likeness (QED) is 0.507. The topological polar surface area (TPSA) is 108 Å². The third kappa shape index (κ3) is 1.99. The maximum atomic E-state index is 14.0. The number of H-pyrrole nitrogens is 1. The molecule has 1 fully saturated rings. The van der Waals surface area contributed by atoms with Crippen LogP contribution >= 0.6 is 12.2 Å². The Morgan fingerprint density at radius 1 is 1.67 bits per heavy atom. The summed E-state index contributed by atoms with van der Waals surface area (Å²) in [5, 5.41) is 27.9. The maximum absolute atomic E-state index is 14.0. The van der Waals surface area contributed by atoms with Crippen LogP contribution in [-0.2, 0) is 4.74 Å². The minimum absolute atomic E-state index is 0.172. The molecule has 1 saturated heterocycles. The summed E-state index contributed by atoms with van der Waals surface area (Å²) in [6.07, 6.45) is -3.71. The second kappa shape index (κ2) is 4.52. The lowest BCUT2D eigenvalue weighted by Gasteiger charge is -2.23. The van der Waals surface area contributed by atoms with Gasteiger partial charge in [-0.05, 0) is 12.2 Å². The molecule has 0 aliphatic carbocycles. The van der Waals surface area contributed by atoms with E-state index in [-0.39, 0.29) is 4.77 Å². The SMILES string of the molecule is O=c1ccn([C@@H]2O[C@H](CO)[C@@H](O)[C@]2(O)F)c(=S)[nH]1. The number of nitrogens with zero attached hydrogens (tertiary/aromatic N) is 1. The molecule has 4 atom stereocenters. The molecule has 0 aromatic carbocycles. The molecule has 0 spiro atoms. The van der Waals surface area contributed by atoms with Crippen molar-refractivity contribution < 1.29 is 24.4 Å². The first-order chi connectivity index (χ1) is 8.37. The molecule has 100 valence electrons. The molecule has 1 aliphatic heterocycles. The van der Waals surface area contributed by atoms with Gasteiger partial charge in [-0.15, -0.1) is 0 Å². The number of hydrogen-bond donors (Lipinski definition) is 4. The highest BCUT2D eigenvalue weighted by atomic mass is 32.1. The van der Waals surface area contributed by atoms with E-state index >= 15 is 0 Å². The summed E-state index contributed by atoms with van der Waals surface area (Å²) in [5.74, 6) is -3.12. The lowest BCUT2D eigenvalue weighted by Crippen LogP contribution is -2.43. The van der Waals surface area contributed by atoms with Gasteiger partial charge in [0.1, 0.15) is 12.2 Å². The molecule has 1 aromatic rings. The van der Waals surface area contributed by atoms with E-state index in [9.17, 15) is 19.4 Å². The third-order valence-electron chi connectivity index (χ3n) is 2.70. The van der Waals surface area contributed by atoms with Crippen molar-refractivity contribution in [2.45, 2.75) is 24.3 Å². The summed E-state index contributed by atoms with van der Waals surface area (Å²) in [7, 11) is 0. The molecule has 7 nitrogen and oxygen atoms in total. The van der Waals surface area contributed by atoms with E-state index in [1.807, 2.05) is 0 Å². The number of hydrogen-bond acceptors (Lipinski definition) is 6. The Kier molecular flexibility index (Phi) is 3.34. The Morgan fingerprint density at radius 3 is 2.83 bits per heavy atom. The highest BCUT2D eigenvalue weighted by Gasteiger charge is 2.57. The summed E-state index contributed by atoms with van der Waals surface area (Å²) in [6.45, 7) is -0.666. The van der Waals surface area contributed by atoms with Crippen LogP contribution in [-0.4, -0.2) is 49.5 Å². The Bertz CT molecular complexity index is 556. The number of halogens is 1. The Labute approximate surface area is 105 Å². The number of ether oxygens (including phenoxy) is 1. The van der Waals surface area contributed by atoms with Gasteiger partial charge in [-0.2, -0.15) is 0 Å². The van der Waals surface area contributed by atoms with Gasteiger partial charge in [0.05, 0.1) is 6.61 Å². The van der Waals surface area contributed by atoms with Crippen LogP contribution < -0.4 is 5.56 Å². The largest absolute Gasteiger partial charge is 0.394 e. The van der Waals surface area contributed by atoms with Crippen LogP contribution in [0.15, 0.2) is 17.1 Å². The van der Waals surface area contributed by atoms with E-state index < -0.39 is 36.5 Å². The van der Waals surface area contributed by atoms with E-state index in [4.69, 9.17) is 22.1 Å². The summed E-state index contributed by atoms with van der Waals surface area (Å²) in [4.78, 5) is 13.2. The van der Waals surface area contributed by atoms with Crippen LogP contribution in [0, 0.1) is 4.77 Å². The highest BCUT2D eigenvalue weighted by Crippen LogP contribution is 2.39. The summed E-state index contributed by atoms with van der Waals surface area (Å²) >= 11 is 4.80. The molecule has 1 aliphatic rings. The second-order valence-corrected chi connectivity index (χ2v) is 4.29. The third-order valence-corrected chi connectivity index (χ3v) is 3.01. The summed E-state index contributed by atoms with van der Waals surface area (Å²) in [6, 6.07) is 1.06. The number of rotatable bonds is 2. The molecule has 4 N–H and O–H groups in total. The van der Waals surface area contributed by atoms with Gasteiger partial charge in [0.15, 0.2) is 11.0 Å². The van der Waals surface area contributed by atoms with Crippen LogP contribution in [0.2, 0.25) is 0 Å².